The van der Waals surface area contributed by atoms with Gasteiger partial charge in [0.1, 0.15) is 5.70 Å². The molecule has 3 aromatic carbocycles. The molecule has 0 aromatic heterocycles. The maximum Gasteiger partial charge on any atom is 0.282 e. The van der Waals surface area contributed by atoms with E-state index in [2.05, 4.69) is 0 Å². The molecule has 3 aromatic rings. The fraction of sp³-hybridized carbons (Fsp3) is 0.214. The van der Waals surface area contributed by atoms with Crippen molar-refractivity contribution in [1.82, 2.24) is 0 Å². The second-order valence-electron chi connectivity index (χ2n) is 8.48. The van der Waals surface area contributed by atoms with Crippen LogP contribution in [0.25, 0.3) is 5.57 Å². The normalized spacial score (nSPS) is 13.7. The largest absolute Gasteiger partial charge is 0.378 e. The number of nitrogens with zero attached hydrogens (tertiary/aromatic N) is 3. The van der Waals surface area contributed by atoms with E-state index in [0.29, 0.717) is 23.5 Å². The van der Waals surface area contributed by atoms with Gasteiger partial charge >= 0.3 is 0 Å². The zero-order valence-corrected chi connectivity index (χ0v) is 19.8. The van der Waals surface area contributed by atoms with Gasteiger partial charge in [0.05, 0.1) is 11.3 Å². The topological polar surface area (TPSA) is 43.9 Å². The predicted octanol–water partition coefficient (Wildman–Crippen LogP) is 5.18. The molecule has 4 rings (SSSR count). The number of likely N-dealkylation sites (N-methyl/N-ethyl adjacent to an activating group) is 1. The molecular formula is C28H29N3O2. The Morgan fingerprint density at radius 2 is 1.45 bits per heavy atom. The Bertz CT molecular complexity index is 1230. The third kappa shape index (κ3) is 4.02. The monoisotopic (exact) mass is 439 g/mol. The number of anilines is 3. The van der Waals surface area contributed by atoms with Crippen molar-refractivity contribution >= 4 is 34.4 Å². The number of carbonyl (C=O) groups is 2. The maximum absolute atomic E-state index is 13.9. The van der Waals surface area contributed by atoms with Crippen molar-refractivity contribution in [3.8, 4) is 0 Å². The Kier molecular flexibility index (Phi) is 6.05. The van der Waals surface area contributed by atoms with E-state index >= 15 is 0 Å². The minimum atomic E-state index is -0.307. The van der Waals surface area contributed by atoms with Gasteiger partial charge in [-0.1, -0.05) is 42.0 Å². The van der Waals surface area contributed by atoms with Gasteiger partial charge in [-0.15, -0.1) is 0 Å². The molecule has 0 spiro atoms. The summed E-state index contributed by atoms with van der Waals surface area (Å²) < 4.78 is 0. The van der Waals surface area contributed by atoms with Crippen LogP contribution >= 0.6 is 0 Å². The second-order valence-corrected chi connectivity index (χ2v) is 8.48. The lowest BCUT2D eigenvalue weighted by atomic mass is 9.97. The van der Waals surface area contributed by atoms with Gasteiger partial charge in [0.15, 0.2) is 0 Å². The SMILES string of the molecule is CCN(C1=C(c2ccc(C)cc2C)C(=O)N(c2ccc(N(C)C)cc2)C1=O)c1ccccc1. The molecular weight excluding hydrogens is 410 g/mol. The first kappa shape index (κ1) is 22.3. The lowest BCUT2D eigenvalue weighted by molar-refractivity contribution is -0.120. The molecule has 0 saturated heterocycles. The fourth-order valence-electron chi connectivity index (χ4n) is 4.32. The second kappa shape index (κ2) is 8.94. The molecule has 0 radical (unpaired) electrons. The van der Waals surface area contributed by atoms with Crippen LogP contribution in [0.5, 0.6) is 0 Å². The van der Waals surface area contributed by atoms with Crippen LogP contribution in [0.2, 0.25) is 0 Å². The van der Waals surface area contributed by atoms with E-state index < -0.39 is 0 Å². The van der Waals surface area contributed by atoms with E-state index in [1.807, 2.05) is 117 Å². The van der Waals surface area contributed by atoms with Crippen molar-refractivity contribution in [2.45, 2.75) is 20.8 Å². The number of para-hydroxylation sites is 1. The Morgan fingerprint density at radius 1 is 0.788 bits per heavy atom. The molecule has 0 atom stereocenters. The first-order valence-corrected chi connectivity index (χ1v) is 11.1. The van der Waals surface area contributed by atoms with E-state index in [1.54, 1.807) is 0 Å². The lowest BCUT2D eigenvalue weighted by Gasteiger charge is -2.25. The number of benzene rings is 3. The molecule has 0 N–H and O–H groups in total. The summed E-state index contributed by atoms with van der Waals surface area (Å²) in [6.07, 6.45) is 0. The fourth-order valence-corrected chi connectivity index (χ4v) is 4.32. The molecule has 0 aliphatic carbocycles. The molecule has 0 saturated carbocycles. The molecule has 0 unspecified atom stereocenters. The number of hydrogen-bond acceptors (Lipinski definition) is 4. The number of carbonyl (C=O) groups excluding carboxylic acids is 2. The first-order valence-electron chi connectivity index (χ1n) is 11.1. The number of aryl methyl sites for hydroxylation is 2. The Morgan fingerprint density at radius 3 is 2.03 bits per heavy atom. The van der Waals surface area contributed by atoms with Gasteiger partial charge in [0.25, 0.3) is 11.8 Å². The van der Waals surface area contributed by atoms with Crippen LogP contribution in [-0.4, -0.2) is 32.5 Å². The van der Waals surface area contributed by atoms with E-state index in [4.69, 9.17) is 0 Å². The third-order valence-corrected chi connectivity index (χ3v) is 5.99. The first-order chi connectivity index (χ1) is 15.8. The van der Waals surface area contributed by atoms with Gasteiger partial charge in [0.2, 0.25) is 0 Å². The number of rotatable bonds is 6. The highest BCUT2D eigenvalue weighted by Crippen LogP contribution is 2.38. The summed E-state index contributed by atoms with van der Waals surface area (Å²) in [6.45, 7) is 6.55. The minimum Gasteiger partial charge on any atom is -0.378 e. The number of amides is 2. The predicted molar refractivity (Wildman–Crippen MR) is 136 cm³/mol. The number of imide groups is 1. The van der Waals surface area contributed by atoms with Crippen molar-refractivity contribution in [1.29, 1.82) is 0 Å². The minimum absolute atomic E-state index is 0.297. The van der Waals surface area contributed by atoms with Crippen molar-refractivity contribution in [3.05, 3.63) is 95.2 Å². The zero-order valence-electron chi connectivity index (χ0n) is 19.8. The van der Waals surface area contributed by atoms with Crippen LogP contribution < -0.4 is 14.7 Å². The Hall–Kier alpha value is -3.86. The summed E-state index contributed by atoms with van der Waals surface area (Å²) in [6, 6.07) is 23.2. The van der Waals surface area contributed by atoms with Gasteiger partial charge < -0.3 is 9.80 Å². The molecule has 168 valence electrons. The summed E-state index contributed by atoms with van der Waals surface area (Å²) in [5.74, 6) is -0.604. The molecule has 0 fully saturated rings. The Labute approximate surface area is 195 Å². The van der Waals surface area contributed by atoms with Crippen molar-refractivity contribution < 1.29 is 9.59 Å². The maximum atomic E-state index is 13.9. The van der Waals surface area contributed by atoms with Gasteiger partial charge in [-0.25, -0.2) is 4.90 Å². The molecule has 2 amide bonds. The van der Waals surface area contributed by atoms with Gasteiger partial charge in [0, 0.05) is 32.0 Å². The molecule has 5 nitrogen and oxygen atoms in total. The summed E-state index contributed by atoms with van der Waals surface area (Å²) in [4.78, 5) is 32.9. The van der Waals surface area contributed by atoms with E-state index in [-0.39, 0.29) is 11.8 Å². The molecule has 5 heteroatoms. The van der Waals surface area contributed by atoms with Crippen LogP contribution in [0.3, 0.4) is 0 Å². The molecule has 1 aliphatic rings. The van der Waals surface area contributed by atoms with E-state index in [9.17, 15) is 9.59 Å². The number of hydrogen-bond donors (Lipinski definition) is 0. The average Bonchev–Trinajstić information content (AvgIpc) is 3.05. The summed E-state index contributed by atoms with van der Waals surface area (Å²) in [5.41, 5.74) is 6.17. The summed E-state index contributed by atoms with van der Waals surface area (Å²) >= 11 is 0. The molecule has 0 bridgehead atoms. The van der Waals surface area contributed by atoms with Crippen molar-refractivity contribution in [2.75, 3.05) is 35.3 Å². The van der Waals surface area contributed by atoms with Crippen LogP contribution in [0.1, 0.15) is 23.6 Å². The standard InChI is InChI=1S/C28H29N3O2/c1-6-30(22-10-8-7-9-11-22)26-25(24-17-12-19(2)18-20(24)3)27(32)31(28(26)33)23-15-13-21(14-16-23)29(4)5/h7-18H,6H2,1-5H3. The quantitative estimate of drug-likeness (QED) is 0.497. The highest BCUT2D eigenvalue weighted by Gasteiger charge is 2.43. The molecule has 1 heterocycles. The van der Waals surface area contributed by atoms with Crippen LogP contribution in [0.15, 0.2) is 78.5 Å². The Balaban J connectivity index is 1.89. The van der Waals surface area contributed by atoms with Gasteiger partial charge in [-0.2, -0.15) is 0 Å². The highest BCUT2D eigenvalue weighted by molar-refractivity contribution is 6.46. The van der Waals surface area contributed by atoms with Crippen LogP contribution in [0.4, 0.5) is 17.1 Å². The van der Waals surface area contributed by atoms with Crippen molar-refractivity contribution in [2.24, 2.45) is 0 Å². The summed E-state index contributed by atoms with van der Waals surface area (Å²) in [7, 11) is 3.91. The van der Waals surface area contributed by atoms with Crippen LogP contribution in [0, 0.1) is 13.8 Å². The molecule has 1 aliphatic heterocycles. The third-order valence-electron chi connectivity index (χ3n) is 5.99. The van der Waals surface area contributed by atoms with Crippen LogP contribution in [-0.2, 0) is 9.59 Å². The highest BCUT2D eigenvalue weighted by atomic mass is 16.2. The smallest absolute Gasteiger partial charge is 0.282 e. The van der Waals surface area contributed by atoms with E-state index in [1.165, 1.54) is 4.90 Å². The van der Waals surface area contributed by atoms with Gasteiger partial charge in [-0.3, -0.25) is 9.59 Å². The van der Waals surface area contributed by atoms with E-state index in [0.717, 1.165) is 28.1 Å². The molecule has 33 heavy (non-hydrogen) atoms. The summed E-state index contributed by atoms with van der Waals surface area (Å²) in [5, 5.41) is 0. The lowest BCUT2D eigenvalue weighted by Crippen LogP contribution is -2.35. The van der Waals surface area contributed by atoms with Gasteiger partial charge in [-0.05, 0) is 68.3 Å². The zero-order chi connectivity index (χ0) is 23.7. The average molecular weight is 440 g/mol. The van der Waals surface area contributed by atoms with Crippen molar-refractivity contribution in [3.63, 3.8) is 0 Å².